The first kappa shape index (κ1) is 25.3. The number of rotatable bonds is 8. The molecule has 1 amide bonds. The van der Waals surface area contributed by atoms with Gasteiger partial charge in [-0.2, -0.15) is 0 Å². The molecule has 0 saturated carbocycles. The molecule has 3 aromatic carbocycles. The zero-order chi connectivity index (χ0) is 26.5. The van der Waals surface area contributed by atoms with Gasteiger partial charge in [0.15, 0.2) is 0 Å². The summed E-state index contributed by atoms with van der Waals surface area (Å²) in [6.07, 6.45) is 2.97. The maximum Gasteiger partial charge on any atom is 0.269 e. The molecule has 0 radical (unpaired) electrons. The van der Waals surface area contributed by atoms with Crippen molar-refractivity contribution in [1.82, 2.24) is 14.5 Å². The molecular formula is C28H26N4O5. The number of carbonyl (C=O) groups excluding carboxylic acids is 1. The van der Waals surface area contributed by atoms with Crippen molar-refractivity contribution in [2.45, 2.75) is 19.9 Å². The van der Waals surface area contributed by atoms with E-state index < -0.39 is 11.0 Å². The number of hydrogen-bond donors (Lipinski definition) is 0. The number of carbonyl (C=O) groups is 1. The van der Waals surface area contributed by atoms with Crippen LogP contribution in [0.2, 0.25) is 0 Å². The van der Waals surface area contributed by atoms with Gasteiger partial charge in [-0.15, -0.1) is 0 Å². The van der Waals surface area contributed by atoms with Crippen molar-refractivity contribution in [3.63, 3.8) is 0 Å². The molecule has 0 saturated heterocycles. The highest BCUT2D eigenvalue weighted by Gasteiger charge is 2.24. The van der Waals surface area contributed by atoms with E-state index >= 15 is 0 Å². The lowest BCUT2D eigenvalue weighted by Gasteiger charge is -2.26. The van der Waals surface area contributed by atoms with E-state index in [0.717, 1.165) is 0 Å². The van der Waals surface area contributed by atoms with Crippen LogP contribution in [0, 0.1) is 10.1 Å². The smallest absolute Gasteiger partial charge is 0.269 e. The summed E-state index contributed by atoms with van der Waals surface area (Å²) < 4.78 is 7.29. The molecule has 9 heteroatoms. The van der Waals surface area contributed by atoms with Crippen molar-refractivity contribution in [2.24, 2.45) is 0 Å². The van der Waals surface area contributed by atoms with E-state index in [4.69, 9.17) is 9.72 Å². The van der Waals surface area contributed by atoms with E-state index in [0.29, 0.717) is 40.3 Å². The molecule has 37 heavy (non-hydrogen) atoms. The Morgan fingerprint density at radius 2 is 1.78 bits per heavy atom. The van der Waals surface area contributed by atoms with Crippen LogP contribution in [0.5, 0.6) is 5.75 Å². The van der Waals surface area contributed by atoms with Gasteiger partial charge in [-0.1, -0.05) is 24.3 Å². The molecule has 0 aliphatic rings. The van der Waals surface area contributed by atoms with Crippen LogP contribution >= 0.6 is 0 Å². The van der Waals surface area contributed by atoms with E-state index in [2.05, 4.69) is 0 Å². The molecule has 1 unspecified atom stereocenters. The van der Waals surface area contributed by atoms with Crippen LogP contribution in [-0.2, 0) is 4.79 Å². The summed E-state index contributed by atoms with van der Waals surface area (Å²) >= 11 is 0. The molecule has 0 aliphatic carbocycles. The quantitative estimate of drug-likeness (QED) is 0.194. The molecule has 1 aromatic heterocycles. The van der Waals surface area contributed by atoms with Crippen LogP contribution in [0.1, 0.15) is 31.3 Å². The zero-order valence-corrected chi connectivity index (χ0v) is 20.7. The lowest BCUT2D eigenvalue weighted by atomic mass is 10.1. The van der Waals surface area contributed by atoms with Crippen molar-refractivity contribution >= 4 is 28.6 Å². The Bertz CT molecular complexity index is 1540. The average Bonchev–Trinajstić information content (AvgIpc) is 2.91. The highest BCUT2D eigenvalue weighted by Crippen LogP contribution is 2.27. The Morgan fingerprint density at radius 3 is 2.49 bits per heavy atom. The number of non-ortho nitro benzene ring substituents is 1. The second kappa shape index (κ2) is 10.9. The predicted octanol–water partition coefficient (Wildman–Crippen LogP) is 4.93. The van der Waals surface area contributed by atoms with Crippen LogP contribution in [-0.4, -0.2) is 38.9 Å². The Labute approximate surface area is 213 Å². The van der Waals surface area contributed by atoms with Gasteiger partial charge in [-0.05, 0) is 61.9 Å². The first-order chi connectivity index (χ1) is 17.8. The third kappa shape index (κ3) is 5.25. The van der Waals surface area contributed by atoms with Gasteiger partial charge in [-0.3, -0.25) is 24.3 Å². The summed E-state index contributed by atoms with van der Waals surface area (Å²) in [4.78, 5) is 43.4. The van der Waals surface area contributed by atoms with Crippen LogP contribution < -0.4 is 10.3 Å². The van der Waals surface area contributed by atoms with Gasteiger partial charge in [0.05, 0.1) is 34.2 Å². The van der Waals surface area contributed by atoms with Gasteiger partial charge in [0.1, 0.15) is 11.6 Å². The molecule has 9 nitrogen and oxygen atoms in total. The summed E-state index contributed by atoms with van der Waals surface area (Å²) in [5.74, 6) is 0.595. The molecule has 4 aromatic rings. The topological polar surface area (TPSA) is 108 Å². The fraction of sp³-hybridized carbons (Fsp3) is 0.179. The second-order valence-corrected chi connectivity index (χ2v) is 8.34. The van der Waals surface area contributed by atoms with Crippen molar-refractivity contribution in [2.75, 3.05) is 13.7 Å². The highest BCUT2D eigenvalue weighted by atomic mass is 16.6. The summed E-state index contributed by atoms with van der Waals surface area (Å²) in [7, 11) is 1.63. The van der Waals surface area contributed by atoms with Gasteiger partial charge < -0.3 is 9.64 Å². The Kier molecular flexibility index (Phi) is 7.43. The molecular weight excluding hydrogens is 472 g/mol. The largest absolute Gasteiger partial charge is 0.492 e. The molecule has 0 N–H and O–H groups in total. The van der Waals surface area contributed by atoms with Crippen molar-refractivity contribution < 1.29 is 14.5 Å². The first-order valence-electron chi connectivity index (χ1n) is 11.7. The van der Waals surface area contributed by atoms with Crippen molar-refractivity contribution in [3.8, 4) is 11.4 Å². The first-order valence-corrected chi connectivity index (χ1v) is 11.7. The molecule has 0 aliphatic heterocycles. The minimum atomic E-state index is -0.582. The van der Waals surface area contributed by atoms with E-state index in [-0.39, 0.29) is 17.2 Å². The van der Waals surface area contributed by atoms with Crippen LogP contribution in [0.3, 0.4) is 0 Å². The molecule has 1 atom stereocenters. The number of ether oxygens (including phenoxy) is 1. The lowest BCUT2D eigenvalue weighted by molar-refractivity contribution is -0.384. The third-order valence-corrected chi connectivity index (χ3v) is 6.03. The second-order valence-electron chi connectivity index (χ2n) is 8.34. The number of para-hydroxylation sites is 3. The minimum Gasteiger partial charge on any atom is -0.492 e. The number of nitro benzene ring substituents is 1. The fourth-order valence-corrected chi connectivity index (χ4v) is 3.94. The summed E-state index contributed by atoms with van der Waals surface area (Å²) in [6, 6.07) is 19.6. The monoisotopic (exact) mass is 498 g/mol. The van der Waals surface area contributed by atoms with Gasteiger partial charge in [-0.25, -0.2) is 4.98 Å². The number of fused-ring (bicyclic) bond motifs is 1. The van der Waals surface area contributed by atoms with Crippen LogP contribution in [0.4, 0.5) is 5.69 Å². The zero-order valence-electron chi connectivity index (χ0n) is 20.7. The molecule has 0 spiro atoms. The number of likely N-dealkylation sites (N-methyl/N-ethyl adjacent to an activating group) is 1. The maximum atomic E-state index is 13.7. The number of benzene rings is 3. The number of nitrogens with zero attached hydrogens (tertiary/aromatic N) is 4. The third-order valence-electron chi connectivity index (χ3n) is 6.03. The lowest BCUT2D eigenvalue weighted by Crippen LogP contribution is -2.34. The predicted molar refractivity (Wildman–Crippen MR) is 142 cm³/mol. The number of nitro groups is 1. The summed E-state index contributed by atoms with van der Waals surface area (Å²) in [6.45, 7) is 4.09. The number of hydrogen-bond acceptors (Lipinski definition) is 6. The van der Waals surface area contributed by atoms with Gasteiger partial charge in [0.2, 0.25) is 5.91 Å². The molecule has 1 heterocycles. The standard InChI is InChI=1S/C28H26N4O5/c1-4-37-25-12-8-7-11-24(25)31-27(29-23-10-6-5-9-22(23)28(31)34)19(2)30(3)26(33)18-15-20-13-16-21(17-14-20)32(35)36/h5-19H,4H2,1-3H3/b18-15+. The van der Waals surface area contributed by atoms with E-state index in [1.807, 2.05) is 25.1 Å². The minimum absolute atomic E-state index is 0.0260. The Morgan fingerprint density at radius 1 is 1.11 bits per heavy atom. The van der Waals surface area contributed by atoms with Crippen LogP contribution in [0.25, 0.3) is 22.7 Å². The van der Waals surface area contributed by atoms with E-state index in [1.165, 1.54) is 27.7 Å². The van der Waals surface area contributed by atoms with Crippen molar-refractivity contribution in [1.29, 1.82) is 0 Å². The van der Waals surface area contributed by atoms with Gasteiger partial charge in [0.25, 0.3) is 11.2 Å². The molecule has 188 valence electrons. The molecule has 4 rings (SSSR count). The van der Waals surface area contributed by atoms with Gasteiger partial charge in [0, 0.05) is 25.3 Å². The highest BCUT2D eigenvalue weighted by molar-refractivity contribution is 5.92. The molecule has 0 bridgehead atoms. The molecule has 0 fully saturated rings. The summed E-state index contributed by atoms with van der Waals surface area (Å²) in [5.41, 5.74) is 1.42. The van der Waals surface area contributed by atoms with E-state index in [9.17, 15) is 19.7 Å². The summed E-state index contributed by atoms with van der Waals surface area (Å²) in [5, 5.41) is 11.3. The average molecular weight is 499 g/mol. The number of amides is 1. The SMILES string of the molecule is CCOc1ccccc1-n1c(C(C)N(C)C(=O)/C=C/c2ccc([N+](=O)[O-])cc2)nc2ccccc2c1=O. The Hall–Kier alpha value is -4.79. The maximum absolute atomic E-state index is 13.7. The van der Waals surface area contributed by atoms with Crippen molar-refractivity contribution in [3.05, 3.63) is 111 Å². The van der Waals surface area contributed by atoms with E-state index in [1.54, 1.807) is 62.5 Å². The normalized spacial score (nSPS) is 12.0. The number of aromatic nitrogens is 2. The van der Waals surface area contributed by atoms with Crippen LogP contribution in [0.15, 0.2) is 83.7 Å². The Balaban J connectivity index is 1.74. The van der Waals surface area contributed by atoms with Gasteiger partial charge >= 0.3 is 0 Å². The fourth-order valence-electron chi connectivity index (χ4n) is 3.94.